The number of nitrogens with two attached hydrogens (primary N) is 1. The maximum atomic E-state index is 5.78. The van der Waals surface area contributed by atoms with Gasteiger partial charge in [-0.15, -0.1) is 0 Å². The van der Waals surface area contributed by atoms with E-state index in [0.29, 0.717) is 0 Å². The van der Waals surface area contributed by atoms with Gasteiger partial charge in [0.1, 0.15) is 0 Å². The second-order valence-electron chi connectivity index (χ2n) is 4.97. The number of rotatable bonds is 3. The topological polar surface area (TPSA) is 38.0 Å². The van der Waals surface area contributed by atoms with Gasteiger partial charge in [0.05, 0.1) is 6.04 Å². The lowest BCUT2D eigenvalue weighted by molar-refractivity contribution is 0.633. The Labute approximate surface area is 123 Å². The van der Waals surface area contributed by atoms with E-state index in [0.717, 1.165) is 10.0 Å². The minimum Gasteiger partial charge on any atom is -0.271 e. The van der Waals surface area contributed by atoms with Crippen molar-refractivity contribution in [1.29, 1.82) is 0 Å². The Balaban J connectivity index is 2.49. The standard InChI is InChI=1S/C16H19BrN2/c1-10-4-5-11(2)14(8-10)16(19-18)13-7-6-12(3)15(17)9-13/h4-9,16,19H,18H2,1-3H3. The molecule has 2 aromatic carbocycles. The molecule has 0 fully saturated rings. The molecule has 3 heteroatoms. The molecule has 1 atom stereocenters. The van der Waals surface area contributed by atoms with Crippen molar-refractivity contribution in [3.63, 3.8) is 0 Å². The van der Waals surface area contributed by atoms with Crippen molar-refractivity contribution in [2.45, 2.75) is 26.8 Å². The van der Waals surface area contributed by atoms with Crippen LogP contribution in [0.4, 0.5) is 0 Å². The van der Waals surface area contributed by atoms with Crippen LogP contribution in [0.15, 0.2) is 40.9 Å². The first kappa shape index (κ1) is 14.3. The molecule has 0 spiro atoms. The van der Waals surface area contributed by atoms with Gasteiger partial charge in [0.25, 0.3) is 0 Å². The molecule has 0 radical (unpaired) electrons. The zero-order valence-corrected chi connectivity index (χ0v) is 13.1. The van der Waals surface area contributed by atoms with E-state index in [9.17, 15) is 0 Å². The van der Waals surface area contributed by atoms with E-state index >= 15 is 0 Å². The third-order valence-electron chi connectivity index (χ3n) is 3.44. The van der Waals surface area contributed by atoms with Crippen LogP contribution in [0.3, 0.4) is 0 Å². The maximum Gasteiger partial charge on any atom is 0.0713 e. The molecule has 3 N–H and O–H groups in total. The Kier molecular flexibility index (Phi) is 4.40. The molecule has 0 aliphatic rings. The summed E-state index contributed by atoms with van der Waals surface area (Å²) in [6, 6.07) is 12.8. The molecular formula is C16H19BrN2. The lowest BCUT2D eigenvalue weighted by Crippen LogP contribution is -2.29. The third kappa shape index (κ3) is 3.06. The fraction of sp³-hybridized carbons (Fsp3) is 0.250. The first-order valence-electron chi connectivity index (χ1n) is 6.32. The molecule has 19 heavy (non-hydrogen) atoms. The van der Waals surface area contributed by atoms with Crippen LogP contribution in [0.5, 0.6) is 0 Å². The molecule has 0 aliphatic heterocycles. The summed E-state index contributed by atoms with van der Waals surface area (Å²) in [5, 5.41) is 0. The van der Waals surface area contributed by atoms with E-state index in [4.69, 9.17) is 5.84 Å². The van der Waals surface area contributed by atoms with Crippen LogP contribution in [0.25, 0.3) is 0 Å². The number of hydrazine groups is 1. The van der Waals surface area contributed by atoms with Crippen molar-refractivity contribution in [3.8, 4) is 0 Å². The van der Waals surface area contributed by atoms with E-state index in [1.165, 1.54) is 22.3 Å². The molecule has 2 rings (SSSR count). The van der Waals surface area contributed by atoms with Crippen molar-refractivity contribution in [1.82, 2.24) is 5.43 Å². The Morgan fingerprint density at radius 2 is 1.68 bits per heavy atom. The minimum atomic E-state index is 0.0109. The normalized spacial score (nSPS) is 12.5. The highest BCUT2D eigenvalue weighted by Gasteiger charge is 2.15. The summed E-state index contributed by atoms with van der Waals surface area (Å²) in [5.41, 5.74) is 9.02. The number of aryl methyl sites for hydroxylation is 3. The molecular weight excluding hydrogens is 300 g/mol. The second-order valence-corrected chi connectivity index (χ2v) is 5.82. The molecule has 2 aromatic rings. The quantitative estimate of drug-likeness (QED) is 0.664. The fourth-order valence-electron chi connectivity index (χ4n) is 2.23. The first-order chi connectivity index (χ1) is 9.02. The van der Waals surface area contributed by atoms with Gasteiger partial charge in [-0.3, -0.25) is 5.84 Å². The number of halogens is 1. The van der Waals surface area contributed by atoms with Crippen molar-refractivity contribution in [2.24, 2.45) is 5.84 Å². The minimum absolute atomic E-state index is 0.0109. The molecule has 0 saturated carbocycles. The monoisotopic (exact) mass is 318 g/mol. The van der Waals surface area contributed by atoms with Crippen LogP contribution in [0, 0.1) is 20.8 Å². The largest absolute Gasteiger partial charge is 0.271 e. The number of hydrogen-bond acceptors (Lipinski definition) is 2. The van der Waals surface area contributed by atoms with E-state index in [1.54, 1.807) is 0 Å². The second kappa shape index (κ2) is 5.87. The van der Waals surface area contributed by atoms with Gasteiger partial charge < -0.3 is 0 Å². The highest BCUT2D eigenvalue weighted by atomic mass is 79.9. The predicted octanol–water partition coefficient (Wildman–Crippen LogP) is 3.93. The molecule has 100 valence electrons. The number of nitrogens with one attached hydrogen (secondary N) is 1. The van der Waals surface area contributed by atoms with Crippen LogP contribution < -0.4 is 11.3 Å². The van der Waals surface area contributed by atoms with Gasteiger partial charge in [0, 0.05) is 4.47 Å². The van der Waals surface area contributed by atoms with Crippen LogP contribution in [0.2, 0.25) is 0 Å². The molecule has 1 unspecified atom stereocenters. The van der Waals surface area contributed by atoms with Crippen LogP contribution in [-0.4, -0.2) is 0 Å². The maximum absolute atomic E-state index is 5.78. The summed E-state index contributed by atoms with van der Waals surface area (Å²) >= 11 is 3.58. The fourth-order valence-corrected chi connectivity index (χ4v) is 2.62. The van der Waals surface area contributed by atoms with E-state index < -0.39 is 0 Å². The summed E-state index contributed by atoms with van der Waals surface area (Å²) in [7, 11) is 0. The highest BCUT2D eigenvalue weighted by Crippen LogP contribution is 2.28. The average Bonchev–Trinajstić information content (AvgIpc) is 2.38. The van der Waals surface area contributed by atoms with E-state index in [2.05, 4.69) is 78.5 Å². The summed E-state index contributed by atoms with van der Waals surface area (Å²) in [4.78, 5) is 0. The van der Waals surface area contributed by atoms with Crippen molar-refractivity contribution in [3.05, 3.63) is 68.7 Å². The zero-order chi connectivity index (χ0) is 14.0. The third-order valence-corrected chi connectivity index (χ3v) is 4.30. The summed E-state index contributed by atoms with van der Waals surface area (Å²) < 4.78 is 1.11. The van der Waals surface area contributed by atoms with Gasteiger partial charge in [-0.1, -0.05) is 51.8 Å². The zero-order valence-electron chi connectivity index (χ0n) is 11.5. The van der Waals surface area contributed by atoms with E-state index in [-0.39, 0.29) is 6.04 Å². The lowest BCUT2D eigenvalue weighted by atomic mass is 9.93. The van der Waals surface area contributed by atoms with Gasteiger partial charge in [-0.2, -0.15) is 0 Å². The molecule has 0 saturated heterocycles. The Hall–Kier alpha value is -1.16. The Bertz CT molecular complexity index is 593. The summed E-state index contributed by atoms with van der Waals surface area (Å²) in [5.74, 6) is 5.78. The summed E-state index contributed by atoms with van der Waals surface area (Å²) in [6.45, 7) is 6.29. The van der Waals surface area contributed by atoms with Crippen molar-refractivity contribution >= 4 is 15.9 Å². The van der Waals surface area contributed by atoms with Crippen LogP contribution in [-0.2, 0) is 0 Å². The number of hydrogen-bond donors (Lipinski definition) is 2. The van der Waals surface area contributed by atoms with Crippen LogP contribution in [0.1, 0.15) is 33.9 Å². The van der Waals surface area contributed by atoms with Gasteiger partial charge in [0.2, 0.25) is 0 Å². The first-order valence-corrected chi connectivity index (χ1v) is 7.11. The van der Waals surface area contributed by atoms with Crippen LogP contribution >= 0.6 is 15.9 Å². The van der Waals surface area contributed by atoms with Gasteiger partial charge in [-0.25, -0.2) is 5.43 Å². The Morgan fingerprint density at radius 1 is 1.00 bits per heavy atom. The van der Waals surface area contributed by atoms with Gasteiger partial charge in [-0.05, 0) is 49.1 Å². The molecule has 0 heterocycles. The molecule has 0 aromatic heterocycles. The number of benzene rings is 2. The van der Waals surface area contributed by atoms with Gasteiger partial charge in [0.15, 0.2) is 0 Å². The molecule has 0 amide bonds. The molecule has 2 nitrogen and oxygen atoms in total. The van der Waals surface area contributed by atoms with Crippen molar-refractivity contribution < 1.29 is 0 Å². The average molecular weight is 319 g/mol. The smallest absolute Gasteiger partial charge is 0.0713 e. The van der Waals surface area contributed by atoms with Gasteiger partial charge >= 0.3 is 0 Å². The molecule has 0 bridgehead atoms. The van der Waals surface area contributed by atoms with E-state index in [1.807, 2.05) is 0 Å². The predicted molar refractivity (Wildman–Crippen MR) is 84.0 cm³/mol. The SMILES string of the molecule is Cc1ccc(C)c(C(NN)c2ccc(C)c(Br)c2)c1. The molecule has 0 aliphatic carbocycles. The Morgan fingerprint density at radius 3 is 2.32 bits per heavy atom. The lowest BCUT2D eigenvalue weighted by Gasteiger charge is -2.20. The van der Waals surface area contributed by atoms with Crippen molar-refractivity contribution in [2.75, 3.05) is 0 Å². The summed E-state index contributed by atoms with van der Waals surface area (Å²) in [6.07, 6.45) is 0. The highest BCUT2D eigenvalue weighted by molar-refractivity contribution is 9.10.